The molecule has 4 aromatic rings. The third-order valence-electron chi connectivity index (χ3n) is 5.07. The topological polar surface area (TPSA) is 125 Å². The minimum Gasteiger partial charge on any atom is -0.493 e. The molecule has 1 unspecified atom stereocenters. The Hall–Kier alpha value is -4.38. The van der Waals surface area contributed by atoms with Gasteiger partial charge in [0.2, 0.25) is 0 Å². The molecule has 1 amide bonds. The third-order valence-corrected chi connectivity index (χ3v) is 6.60. The van der Waals surface area contributed by atoms with E-state index in [1.165, 1.54) is 6.33 Å². The molecule has 0 aliphatic rings. The summed E-state index contributed by atoms with van der Waals surface area (Å²) < 4.78 is 31.4. The molecular weight excluding hydrogens is 482 g/mol. The summed E-state index contributed by atoms with van der Waals surface area (Å²) in [7, 11) is -1.48. The fourth-order valence-corrected chi connectivity index (χ4v) is 4.35. The number of hydrogen-bond donors (Lipinski definition) is 2. The van der Waals surface area contributed by atoms with Crippen LogP contribution < -0.4 is 19.5 Å². The maximum Gasteiger partial charge on any atom is 0.418 e. The molecule has 0 radical (unpaired) electrons. The summed E-state index contributed by atoms with van der Waals surface area (Å²) in [5.41, 5.74) is 2.28. The van der Waals surface area contributed by atoms with Crippen molar-refractivity contribution < 1.29 is 23.2 Å². The van der Waals surface area contributed by atoms with Gasteiger partial charge in [-0.05, 0) is 48.7 Å². The third kappa shape index (κ3) is 5.81. The van der Waals surface area contributed by atoms with Crippen molar-refractivity contribution in [2.45, 2.75) is 18.4 Å². The molecule has 0 aliphatic carbocycles. The molecule has 1 atom stereocenters. The Kier molecular flexibility index (Phi) is 7.50. The fraction of sp³-hybridized carbons (Fsp3) is 0.160. The molecule has 0 fully saturated rings. The molecule has 2 N–H and O–H groups in total. The Balaban J connectivity index is 1.51. The van der Waals surface area contributed by atoms with E-state index in [9.17, 15) is 9.00 Å². The lowest BCUT2D eigenvalue weighted by atomic mass is 10.2. The van der Waals surface area contributed by atoms with Crippen molar-refractivity contribution in [2.24, 2.45) is 0 Å². The standard InChI is InChI=1S/C25H25N5O5S/c1-4-34-25(31)30-36(3,32)19-9-7-17(8-10-19)15-35-23-13-21-20(12-22(23)33-2)24(28-16-27-21)29-18-6-5-11-26-14-18/h5-14,16H,3-4,15H2,1-2H3,(H,27,28,29)(H,30,31,32). The van der Waals surface area contributed by atoms with E-state index in [-0.39, 0.29) is 13.2 Å². The Morgan fingerprint density at radius 3 is 2.61 bits per heavy atom. The highest BCUT2D eigenvalue weighted by Crippen LogP contribution is 2.35. The predicted octanol–water partition coefficient (Wildman–Crippen LogP) is 4.09. The molecule has 0 aliphatic heterocycles. The minimum absolute atomic E-state index is 0.171. The van der Waals surface area contributed by atoms with Crippen molar-refractivity contribution in [2.75, 3.05) is 19.0 Å². The molecule has 36 heavy (non-hydrogen) atoms. The fourth-order valence-electron chi connectivity index (χ4n) is 3.33. The summed E-state index contributed by atoms with van der Waals surface area (Å²) in [4.78, 5) is 24.8. The van der Waals surface area contributed by atoms with Crippen LogP contribution in [0.15, 0.2) is 72.1 Å². The molecule has 4 rings (SSSR count). The van der Waals surface area contributed by atoms with Gasteiger partial charge in [0.1, 0.15) is 18.8 Å². The predicted molar refractivity (Wildman–Crippen MR) is 138 cm³/mol. The molecule has 186 valence electrons. The number of nitrogens with one attached hydrogen (secondary N) is 2. The van der Waals surface area contributed by atoms with Crippen LogP contribution in [0.3, 0.4) is 0 Å². The van der Waals surface area contributed by atoms with Crippen LogP contribution in [-0.2, 0) is 21.1 Å². The summed E-state index contributed by atoms with van der Waals surface area (Å²) in [6.07, 6.45) is 4.09. The number of benzene rings is 2. The van der Waals surface area contributed by atoms with Gasteiger partial charge < -0.3 is 19.5 Å². The van der Waals surface area contributed by atoms with Crippen molar-refractivity contribution in [1.29, 1.82) is 0 Å². The molecule has 10 nitrogen and oxygen atoms in total. The van der Waals surface area contributed by atoms with Gasteiger partial charge >= 0.3 is 6.09 Å². The van der Waals surface area contributed by atoms with Gasteiger partial charge in [0, 0.05) is 22.5 Å². The van der Waals surface area contributed by atoms with Gasteiger partial charge in [0.25, 0.3) is 0 Å². The van der Waals surface area contributed by atoms with Gasteiger partial charge in [-0.15, -0.1) is 0 Å². The van der Waals surface area contributed by atoms with E-state index >= 15 is 0 Å². The molecule has 2 heterocycles. The lowest BCUT2D eigenvalue weighted by Gasteiger charge is -2.14. The Morgan fingerprint density at radius 2 is 1.92 bits per heavy atom. The number of carbonyl (C=O) groups excluding carboxylic acids is 1. The number of aromatic nitrogens is 3. The van der Waals surface area contributed by atoms with E-state index in [2.05, 4.69) is 30.9 Å². The number of fused-ring (bicyclic) bond motifs is 1. The summed E-state index contributed by atoms with van der Waals surface area (Å²) >= 11 is 0. The highest BCUT2D eigenvalue weighted by atomic mass is 32.2. The highest BCUT2D eigenvalue weighted by molar-refractivity contribution is 7.99. The van der Waals surface area contributed by atoms with Crippen LogP contribution in [0.2, 0.25) is 0 Å². The number of pyridine rings is 1. The second kappa shape index (κ2) is 10.9. The van der Waals surface area contributed by atoms with Crippen LogP contribution in [0.5, 0.6) is 11.5 Å². The maximum atomic E-state index is 12.7. The lowest BCUT2D eigenvalue weighted by molar-refractivity contribution is 0.159. The van der Waals surface area contributed by atoms with Crippen molar-refractivity contribution in [3.63, 3.8) is 0 Å². The molecular formula is C25H25N5O5S. The van der Waals surface area contributed by atoms with E-state index < -0.39 is 15.8 Å². The van der Waals surface area contributed by atoms with Crippen LogP contribution >= 0.6 is 0 Å². The number of hydrogen-bond acceptors (Lipinski definition) is 9. The summed E-state index contributed by atoms with van der Waals surface area (Å²) in [6, 6.07) is 14.1. The lowest BCUT2D eigenvalue weighted by Crippen LogP contribution is -2.30. The molecule has 0 bridgehead atoms. The Morgan fingerprint density at radius 1 is 1.11 bits per heavy atom. The second-order valence-corrected chi connectivity index (χ2v) is 9.57. The zero-order chi connectivity index (χ0) is 25.5. The largest absolute Gasteiger partial charge is 0.493 e. The second-order valence-electron chi connectivity index (χ2n) is 7.54. The van der Waals surface area contributed by atoms with Crippen LogP contribution in [0.4, 0.5) is 16.3 Å². The van der Waals surface area contributed by atoms with E-state index in [4.69, 9.17) is 14.2 Å². The first-order chi connectivity index (χ1) is 17.4. The van der Waals surface area contributed by atoms with Gasteiger partial charge in [-0.2, -0.15) is 0 Å². The monoisotopic (exact) mass is 507 g/mol. The first-order valence-corrected chi connectivity index (χ1v) is 12.7. The first kappa shape index (κ1) is 24.7. The Bertz CT molecular complexity index is 1460. The van der Waals surface area contributed by atoms with Gasteiger partial charge in [0.05, 0.1) is 40.8 Å². The van der Waals surface area contributed by atoms with Crippen molar-refractivity contribution >= 4 is 44.1 Å². The van der Waals surface area contributed by atoms with Crippen LogP contribution in [-0.4, -0.2) is 44.8 Å². The number of ether oxygens (including phenoxy) is 3. The van der Waals surface area contributed by atoms with Gasteiger partial charge in [-0.25, -0.2) is 23.7 Å². The molecule has 2 aromatic heterocycles. The Labute approximate surface area is 208 Å². The first-order valence-electron chi connectivity index (χ1n) is 10.9. The van der Waals surface area contributed by atoms with Gasteiger partial charge in [0.15, 0.2) is 11.5 Å². The van der Waals surface area contributed by atoms with Crippen molar-refractivity contribution in [1.82, 2.24) is 19.7 Å². The molecule has 2 aromatic carbocycles. The number of anilines is 2. The smallest absolute Gasteiger partial charge is 0.418 e. The average molecular weight is 508 g/mol. The molecule has 0 saturated carbocycles. The molecule has 0 saturated heterocycles. The quantitative estimate of drug-likeness (QED) is 0.322. The zero-order valence-electron chi connectivity index (χ0n) is 19.8. The number of methoxy groups -OCH3 is 1. The molecule has 0 spiro atoms. The average Bonchev–Trinajstić information content (AvgIpc) is 2.88. The van der Waals surface area contributed by atoms with Gasteiger partial charge in [-0.1, -0.05) is 12.1 Å². The summed E-state index contributed by atoms with van der Waals surface area (Å²) in [6.45, 7) is 2.05. The van der Waals surface area contributed by atoms with E-state index in [0.717, 1.165) is 16.6 Å². The number of amides is 1. The van der Waals surface area contributed by atoms with Crippen LogP contribution in [0.25, 0.3) is 10.9 Å². The minimum atomic E-state index is -3.04. The van der Waals surface area contributed by atoms with E-state index in [0.29, 0.717) is 27.7 Å². The summed E-state index contributed by atoms with van der Waals surface area (Å²) in [5, 5.41) is 4.00. The van der Waals surface area contributed by atoms with Gasteiger partial charge in [-0.3, -0.25) is 4.98 Å². The van der Waals surface area contributed by atoms with Crippen molar-refractivity contribution in [3.05, 3.63) is 72.8 Å². The number of carbonyl (C=O) groups is 1. The number of rotatable bonds is 9. The maximum absolute atomic E-state index is 12.7. The normalized spacial score (nSPS) is 12.4. The zero-order valence-corrected chi connectivity index (χ0v) is 20.6. The summed E-state index contributed by atoms with van der Waals surface area (Å²) in [5.74, 6) is 5.25. The molecule has 11 heteroatoms. The van der Waals surface area contributed by atoms with E-state index in [1.807, 2.05) is 18.2 Å². The number of nitrogens with zero attached hydrogens (tertiary/aromatic N) is 3. The van der Waals surface area contributed by atoms with E-state index in [1.54, 1.807) is 56.8 Å². The van der Waals surface area contributed by atoms with Crippen molar-refractivity contribution in [3.8, 4) is 11.5 Å². The van der Waals surface area contributed by atoms with Crippen LogP contribution in [0, 0.1) is 0 Å². The highest BCUT2D eigenvalue weighted by Gasteiger charge is 2.14. The van der Waals surface area contributed by atoms with Crippen LogP contribution in [0.1, 0.15) is 12.5 Å². The SMILES string of the molecule is C=S(=O)(NC(=O)OCC)c1ccc(COc2cc3ncnc(Nc4cccnc4)c3cc2OC)cc1.